The fraction of sp³-hybridized carbons (Fsp3) is 0.0714. The molecule has 110 valence electrons. The SMILES string of the molecule is CC(=O)c1cccc(OS(=O)(=O)c2cc(F)ccc2F)c1. The van der Waals surface area contributed by atoms with E-state index in [0.717, 1.165) is 6.07 Å². The Morgan fingerprint density at radius 1 is 1.10 bits per heavy atom. The van der Waals surface area contributed by atoms with Gasteiger partial charge in [-0.15, -0.1) is 0 Å². The zero-order valence-corrected chi connectivity index (χ0v) is 11.7. The Morgan fingerprint density at radius 3 is 2.48 bits per heavy atom. The monoisotopic (exact) mass is 312 g/mol. The Morgan fingerprint density at radius 2 is 1.81 bits per heavy atom. The van der Waals surface area contributed by atoms with E-state index in [-0.39, 0.29) is 17.1 Å². The maximum absolute atomic E-state index is 13.5. The zero-order valence-electron chi connectivity index (χ0n) is 10.8. The third-order valence-electron chi connectivity index (χ3n) is 2.61. The minimum atomic E-state index is -4.54. The number of hydrogen-bond donors (Lipinski definition) is 0. The molecule has 0 atom stereocenters. The van der Waals surface area contributed by atoms with Crippen LogP contribution >= 0.6 is 0 Å². The molecular formula is C14H10F2O4S. The van der Waals surface area contributed by atoms with E-state index in [1.165, 1.54) is 31.2 Å². The Balaban J connectivity index is 2.40. The number of carbonyl (C=O) groups is 1. The summed E-state index contributed by atoms with van der Waals surface area (Å²) in [5, 5.41) is 0. The van der Waals surface area contributed by atoms with E-state index in [1.54, 1.807) is 0 Å². The van der Waals surface area contributed by atoms with E-state index < -0.39 is 26.6 Å². The van der Waals surface area contributed by atoms with Gasteiger partial charge in [0.2, 0.25) is 0 Å². The number of rotatable bonds is 4. The van der Waals surface area contributed by atoms with Gasteiger partial charge in [-0.3, -0.25) is 4.79 Å². The molecule has 7 heteroatoms. The van der Waals surface area contributed by atoms with Gasteiger partial charge in [-0.1, -0.05) is 12.1 Å². The minimum Gasteiger partial charge on any atom is -0.379 e. The third-order valence-corrected chi connectivity index (χ3v) is 3.87. The zero-order chi connectivity index (χ0) is 15.6. The third kappa shape index (κ3) is 3.43. The summed E-state index contributed by atoms with van der Waals surface area (Å²) in [5.41, 5.74) is 0.238. The standard InChI is InChI=1S/C14H10F2O4S/c1-9(17)10-3-2-4-12(7-10)20-21(18,19)14-8-11(15)5-6-13(14)16/h2-8H,1H3. The van der Waals surface area contributed by atoms with Gasteiger partial charge in [0.1, 0.15) is 22.3 Å². The summed E-state index contributed by atoms with van der Waals surface area (Å²) in [5.74, 6) is -2.48. The highest BCUT2D eigenvalue weighted by Crippen LogP contribution is 2.22. The lowest BCUT2D eigenvalue weighted by molar-refractivity contribution is 0.101. The molecule has 21 heavy (non-hydrogen) atoms. The summed E-state index contributed by atoms with van der Waals surface area (Å²) < 4.78 is 55.2. The molecular weight excluding hydrogens is 302 g/mol. The van der Waals surface area contributed by atoms with Crippen molar-refractivity contribution in [2.45, 2.75) is 11.8 Å². The fourth-order valence-electron chi connectivity index (χ4n) is 1.61. The number of carbonyl (C=O) groups excluding carboxylic acids is 1. The van der Waals surface area contributed by atoms with Crippen molar-refractivity contribution in [2.75, 3.05) is 0 Å². The highest BCUT2D eigenvalue weighted by Gasteiger charge is 2.22. The second-order valence-electron chi connectivity index (χ2n) is 4.20. The molecule has 0 aliphatic carbocycles. The van der Waals surface area contributed by atoms with Gasteiger partial charge in [-0.25, -0.2) is 8.78 Å². The van der Waals surface area contributed by atoms with E-state index in [9.17, 15) is 22.0 Å². The highest BCUT2D eigenvalue weighted by molar-refractivity contribution is 7.87. The molecule has 0 radical (unpaired) electrons. The second-order valence-corrected chi connectivity index (χ2v) is 5.71. The van der Waals surface area contributed by atoms with Crippen molar-refractivity contribution in [1.29, 1.82) is 0 Å². The van der Waals surface area contributed by atoms with Crippen molar-refractivity contribution >= 4 is 15.9 Å². The molecule has 2 aromatic carbocycles. The van der Waals surface area contributed by atoms with Gasteiger partial charge in [-0.2, -0.15) is 8.42 Å². The van der Waals surface area contributed by atoms with E-state index in [4.69, 9.17) is 4.18 Å². The van der Waals surface area contributed by atoms with Crippen LogP contribution < -0.4 is 4.18 Å². The average molecular weight is 312 g/mol. The number of hydrogen-bond acceptors (Lipinski definition) is 4. The fourth-order valence-corrected chi connectivity index (χ4v) is 2.62. The van der Waals surface area contributed by atoms with E-state index >= 15 is 0 Å². The Kier molecular flexibility index (Phi) is 4.04. The van der Waals surface area contributed by atoms with Gasteiger partial charge in [0, 0.05) is 5.56 Å². The van der Waals surface area contributed by atoms with Crippen molar-refractivity contribution < 1.29 is 26.2 Å². The molecule has 0 aromatic heterocycles. The first-order valence-corrected chi connectivity index (χ1v) is 7.21. The summed E-state index contributed by atoms with van der Waals surface area (Å²) in [6.07, 6.45) is 0. The van der Waals surface area contributed by atoms with Crippen molar-refractivity contribution in [2.24, 2.45) is 0 Å². The number of ketones is 1. The summed E-state index contributed by atoms with van der Waals surface area (Å²) in [6.45, 7) is 1.31. The molecule has 0 bridgehead atoms. The van der Waals surface area contributed by atoms with Crippen LogP contribution in [-0.4, -0.2) is 14.2 Å². The van der Waals surface area contributed by atoms with Crippen LogP contribution in [0.15, 0.2) is 47.4 Å². The van der Waals surface area contributed by atoms with Crippen molar-refractivity contribution in [3.8, 4) is 5.75 Å². The van der Waals surface area contributed by atoms with Gasteiger partial charge < -0.3 is 4.18 Å². The first-order valence-electron chi connectivity index (χ1n) is 5.80. The van der Waals surface area contributed by atoms with Gasteiger partial charge in [0.15, 0.2) is 5.78 Å². The normalized spacial score (nSPS) is 11.2. The van der Waals surface area contributed by atoms with Crippen molar-refractivity contribution in [3.05, 3.63) is 59.7 Å². The summed E-state index contributed by atoms with van der Waals surface area (Å²) in [4.78, 5) is 10.3. The van der Waals surface area contributed by atoms with Crippen LogP contribution in [0, 0.1) is 11.6 Å². The Hall–Kier alpha value is -2.28. The molecule has 0 heterocycles. The maximum Gasteiger partial charge on any atom is 0.342 e. The molecule has 2 rings (SSSR count). The van der Waals surface area contributed by atoms with E-state index in [2.05, 4.69) is 0 Å². The van der Waals surface area contributed by atoms with Crippen LogP contribution in [0.1, 0.15) is 17.3 Å². The molecule has 4 nitrogen and oxygen atoms in total. The first-order chi connectivity index (χ1) is 9.79. The molecule has 0 N–H and O–H groups in total. The van der Waals surface area contributed by atoms with Crippen LogP contribution in [0.2, 0.25) is 0 Å². The average Bonchev–Trinajstić information content (AvgIpc) is 2.41. The summed E-state index contributed by atoms with van der Waals surface area (Å²) in [7, 11) is -4.54. The molecule has 0 fully saturated rings. The van der Waals surface area contributed by atoms with Crippen molar-refractivity contribution in [1.82, 2.24) is 0 Å². The van der Waals surface area contributed by atoms with Crippen LogP contribution in [0.4, 0.5) is 8.78 Å². The van der Waals surface area contributed by atoms with Gasteiger partial charge in [-0.05, 0) is 37.3 Å². The Bertz CT molecular complexity index is 800. The van der Waals surface area contributed by atoms with Crippen LogP contribution in [0.5, 0.6) is 5.75 Å². The molecule has 0 aliphatic rings. The molecule has 0 spiro atoms. The largest absolute Gasteiger partial charge is 0.379 e. The van der Waals surface area contributed by atoms with Crippen LogP contribution in [0.25, 0.3) is 0 Å². The predicted octanol–water partition coefficient (Wildman–Crippen LogP) is 2.94. The molecule has 0 saturated carbocycles. The number of benzene rings is 2. The quantitative estimate of drug-likeness (QED) is 0.643. The smallest absolute Gasteiger partial charge is 0.342 e. The predicted molar refractivity (Wildman–Crippen MR) is 70.6 cm³/mol. The van der Waals surface area contributed by atoms with Crippen LogP contribution in [-0.2, 0) is 10.1 Å². The summed E-state index contributed by atoms with van der Waals surface area (Å²) >= 11 is 0. The molecule has 0 saturated heterocycles. The molecule has 0 unspecified atom stereocenters. The van der Waals surface area contributed by atoms with E-state index in [1.807, 2.05) is 0 Å². The molecule has 0 amide bonds. The topological polar surface area (TPSA) is 60.4 Å². The van der Waals surface area contributed by atoms with Crippen molar-refractivity contribution in [3.63, 3.8) is 0 Å². The van der Waals surface area contributed by atoms with Gasteiger partial charge >= 0.3 is 10.1 Å². The van der Waals surface area contributed by atoms with E-state index in [0.29, 0.717) is 12.1 Å². The molecule has 2 aromatic rings. The lowest BCUT2D eigenvalue weighted by Gasteiger charge is -2.08. The highest BCUT2D eigenvalue weighted by atomic mass is 32.2. The lowest BCUT2D eigenvalue weighted by Crippen LogP contribution is -2.12. The first kappa shape index (κ1) is 15.1. The van der Waals surface area contributed by atoms with Gasteiger partial charge in [0.05, 0.1) is 0 Å². The van der Waals surface area contributed by atoms with Gasteiger partial charge in [0.25, 0.3) is 0 Å². The molecule has 0 aliphatic heterocycles. The van der Waals surface area contributed by atoms with Crippen LogP contribution in [0.3, 0.4) is 0 Å². The number of halogens is 2. The maximum atomic E-state index is 13.5. The summed E-state index contributed by atoms with van der Waals surface area (Å²) in [6, 6.07) is 7.41. The second kappa shape index (κ2) is 5.61. The number of Topliss-reactive ketones (excluding diaryl/α,β-unsaturated/α-hetero) is 1. The minimum absolute atomic E-state index is 0.161. The lowest BCUT2D eigenvalue weighted by atomic mass is 10.1. The Labute approximate surface area is 120 Å².